The first-order valence-electron chi connectivity index (χ1n) is 5.72. The molecule has 3 aromatic rings. The van der Waals surface area contributed by atoms with E-state index in [1.165, 1.54) is 15.6 Å². The second kappa shape index (κ2) is 5.45. The van der Waals surface area contributed by atoms with Gasteiger partial charge >= 0.3 is 0 Å². The van der Waals surface area contributed by atoms with Crippen LogP contribution in [0.15, 0.2) is 47.8 Å². The maximum absolute atomic E-state index is 6.09. The first kappa shape index (κ1) is 13.4. The molecule has 0 spiro atoms. The third-order valence-electron chi connectivity index (χ3n) is 3.02. The van der Waals surface area contributed by atoms with Crippen LogP contribution in [-0.4, -0.2) is 0 Å². The highest BCUT2D eigenvalue weighted by atomic mass is 79.9. The van der Waals surface area contributed by atoms with Gasteiger partial charge in [0.1, 0.15) is 0 Å². The van der Waals surface area contributed by atoms with Crippen molar-refractivity contribution in [1.29, 1.82) is 0 Å². The molecule has 2 aromatic carbocycles. The highest BCUT2D eigenvalue weighted by Crippen LogP contribution is 2.39. The van der Waals surface area contributed by atoms with E-state index in [9.17, 15) is 0 Å². The summed E-state index contributed by atoms with van der Waals surface area (Å²) in [7, 11) is 0. The zero-order valence-electron chi connectivity index (χ0n) is 9.74. The molecule has 0 bridgehead atoms. The van der Waals surface area contributed by atoms with Crippen LogP contribution in [0.3, 0.4) is 0 Å². The quantitative estimate of drug-likeness (QED) is 0.440. The first-order chi connectivity index (χ1) is 9.16. The molecule has 0 aliphatic heterocycles. The fraction of sp³-hybridized carbons (Fsp3) is 0.0667. The van der Waals surface area contributed by atoms with Gasteiger partial charge in [-0.15, -0.1) is 11.3 Å². The third kappa shape index (κ3) is 2.55. The van der Waals surface area contributed by atoms with E-state index in [0.29, 0.717) is 10.0 Å². The Kier molecular flexibility index (Phi) is 3.86. The van der Waals surface area contributed by atoms with E-state index in [1.807, 2.05) is 18.2 Å². The Balaban J connectivity index is 2.08. The summed E-state index contributed by atoms with van der Waals surface area (Å²) < 4.78 is 1.29. The van der Waals surface area contributed by atoms with Crippen molar-refractivity contribution < 1.29 is 0 Å². The Morgan fingerprint density at radius 1 is 1.00 bits per heavy atom. The van der Waals surface area contributed by atoms with Gasteiger partial charge < -0.3 is 0 Å². The van der Waals surface area contributed by atoms with Crippen LogP contribution in [0.4, 0.5) is 0 Å². The Hall–Kier alpha value is -0.540. The average Bonchev–Trinajstić information content (AvgIpc) is 2.85. The normalized spacial score (nSPS) is 12.8. The molecule has 0 nitrogen and oxygen atoms in total. The highest BCUT2D eigenvalue weighted by Gasteiger charge is 2.15. The predicted octanol–water partition coefficient (Wildman–Crippen LogP) is 6.69. The summed E-state index contributed by atoms with van der Waals surface area (Å²) >= 11 is 17.6. The second-order valence-corrected chi connectivity index (χ2v) is 6.86. The number of hydrogen-bond acceptors (Lipinski definition) is 1. The zero-order chi connectivity index (χ0) is 13.4. The van der Waals surface area contributed by atoms with Gasteiger partial charge in [0.05, 0.1) is 14.9 Å². The first-order valence-corrected chi connectivity index (χ1v) is 8.27. The largest absolute Gasteiger partial charge is 0.143 e. The van der Waals surface area contributed by atoms with E-state index < -0.39 is 0 Å². The molecule has 1 atom stereocenters. The Labute approximate surface area is 134 Å². The van der Waals surface area contributed by atoms with Gasteiger partial charge in [0.2, 0.25) is 0 Å². The van der Waals surface area contributed by atoms with Gasteiger partial charge in [-0.2, -0.15) is 0 Å². The molecule has 1 unspecified atom stereocenters. The third-order valence-corrected chi connectivity index (χ3v) is 5.76. The van der Waals surface area contributed by atoms with Crippen LogP contribution in [0.5, 0.6) is 0 Å². The van der Waals surface area contributed by atoms with Crippen molar-refractivity contribution in [3.63, 3.8) is 0 Å². The lowest BCUT2D eigenvalue weighted by atomic mass is 10.0. The molecule has 0 saturated heterocycles. The van der Waals surface area contributed by atoms with Gasteiger partial charge in [-0.1, -0.05) is 63.4 Å². The monoisotopic (exact) mass is 370 g/mol. The van der Waals surface area contributed by atoms with Crippen LogP contribution in [0, 0.1) is 0 Å². The lowest BCUT2D eigenvalue weighted by Crippen LogP contribution is -1.91. The molecule has 0 aliphatic rings. The van der Waals surface area contributed by atoms with Crippen LogP contribution >= 0.6 is 50.5 Å². The highest BCUT2D eigenvalue weighted by molar-refractivity contribution is 9.09. The fourth-order valence-corrected chi connectivity index (χ4v) is 4.18. The maximum atomic E-state index is 6.09. The molecule has 0 N–H and O–H groups in total. The fourth-order valence-electron chi connectivity index (χ4n) is 2.04. The molecule has 1 heterocycles. The van der Waals surface area contributed by atoms with E-state index in [-0.39, 0.29) is 4.83 Å². The minimum absolute atomic E-state index is 0.124. The number of halogens is 3. The number of benzene rings is 2. The lowest BCUT2D eigenvalue weighted by molar-refractivity contribution is 1.21. The molecule has 0 saturated carbocycles. The molecule has 19 heavy (non-hydrogen) atoms. The number of thiophene rings is 1. The van der Waals surface area contributed by atoms with Crippen molar-refractivity contribution in [1.82, 2.24) is 0 Å². The number of alkyl halides is 1. The molecule has 0 amide bonds. The summed E-state index contributed by atoms with van der Waals surface area (Å²) in [6.45, 7) is 0. The van der Waals surface area contributed by atoms with Gasteiger partial charge in [0.15, 0.2) is 0 Å². The summed E-state index contributed by atoms with van der Waals surface area (Å²) in [5, 5.41) is 4.64. The summed E-state index contributed by atoms with van der Waals surface area (Å²) in [4.78, 5) is 0.124. The summed E-state index contributed by atoms with van der Waals surface area (Å²) in [6, 6.07) is 14.2. The van der Waals surface area contributed by atoms with E-state index in [0.717, 1.165) is 5.56 Å². The molecule has 4 heteroatoms. The summed E-state index contributed by atoms with van der Waals surface area (Å²) in [5.74, 6) is 0. The van der Waals surface area contributed by atoms with Gasteiger partial charge in [-0.3, -0.25) is 0 Å². The van der Waals surface area contributed by atoms with Crippen molar-refractivity contribution in [3.8, 4) is 0 Å². The smallest absolute Gasteiger partial charge is 0.0659 e. The molecule has 0 aliphatic carbocycles. The minimum Gasteiger partial charge on any atom is -0.143 e. The molecule has 0 radical (unpaired) electrons. The van der Waals surface area contributed by atoms with Crippen molar-refractivity contribution in [2.75, 3.05) is 0 Å². The van der Waals surface area contributed by atoms with E-state index in [2.05, 4.69) is 45.6 Å². The van der Waals surface area contributed by atoms with E-state index >= 15 is 0 Å². The van der Waals surface area contributed by atoms with Crippen LogP contribution in [0.2, 0.25) is 10.0 Å². The van der Waals surface area contributed by atoms with Crippen LogP contribution in [0.1, 0.15) is 16.0 Å². The van der Waals surface area contributed by atoms with Crippen LogP contribution in [0.25, 0.3) is 10.1 Å². The van der Waals surface area contributed by atoms with Gasteiger partial charge in [-0.25, -0.2) is 0 Å². The molecule has 3 rings (SSSR count). The van der Waals surface area contributed by atoms with Gasteiger partial charge in [-0.05, 0) is 40.1 Å². The van der Waals surface area contributed by atoms with E-state index in [4.69, 9.17) is 23.2 Å². The Morgan fingerprint density at radius 3 is 2.58 bits per heavy atom. The van der Waals surface area contributed by atoms with Crippen molar-refractivity contribution in [3.05, 3.63) is 69.0 Å². The van der Waals surface area contributed by atoms with Gasteiger partial charge in [0, 0.05) is 4.70 Å². The zero-order valence-corrected chi connectivity index (χ0v) is 13.7. The topological polar surface area (TPSA) is 0 Å². The Morgan fingerprint density at radius 2 is 1.79 bits per heavy atom. The molecule has 1 aromatic heterocycles. The molecular formula is C15H9BrCl2S. The van der Waals surface area contributed by atoms with Crippen molar-refractivity contribution in [2.45, 2.75) is 4.83 Å². The lowest BCUT2D eigenvalue weighted by Gasteiger charge is -2.10. The minimum atomic E-state index is 0.124. The van der Waals surface area contributed by atoms with Crippen LogP contribution in [-0.2, 0) is 0 Å². The van der Waals surface area contributed by atoms with E-state index in [1.54, 1.807) is 11.3 Å². The molecular weight excluding hydrogens is 363 g/mol. The second-order valence-electron chi connectivity index (χ2n) is 4.22. The number of hydrogen-bond donors (Lipinski definition) is 0. The Bertz CT molecular complexity index is 736. The molecule has 0 fully saturated rings. The maximum Gasteiger partial charge on any atom is 0.0659 e. The number of rotatable bonds is 2. The van der Waals surface area contributed by atoms with Crippen LogP contribution < -0.4 is 0 Å². The standard InChI is InChI=1S/C15H9BrCl2S/c16-15(9-5-6-12(17)13(18)7-9)11-8-19-14-4-2-1-3-10(11)14/h1-8,15H. The predicted molar refractivity (Wildman–Crippen MR) is 89.1 cm³/mol. The SMILES string of the molecule is Clc1ccc(C(Br)c2csc3ccccc23)cc1Cl. The summed E-state index contributed by atoms with van der Waals surface area (Å²) in [6.07, 6.45) is 0. The number of fused-ring (bicyclic) bond motifs is 1. The van der Waals surface area contributed by atoms with Gasteiger partial charge in [0.25, 0.3) is 0 Å². The average molecular weight is 372 g/mol. The van der Waals surface area contributed by atoms with Crippen molar-refractivity contribution in [2.24, 2.45) is 0 Å². The summed E-state index contributed by atoms with van der Waals surface area (Å²) in [5.41, 5.74) is 2.37. The molecule has 96 valence electrons. The van der Waals surface area contributed by atoms with Crippen molar-refractivity contribution >= 4 is 60.6 Å².